The van der Waals surface area contributed by atoms with Crippen molar-refractivity contribution in [1.29, 1.82) is 0 Å². The van der Waals surface area contributed by atoms with Crippen molar-refractivity contribution in [3.05, 3.63) is 168 Å². The first-order chi connectivity index (χ1) is 21.1. The van der Waals surface area contributed by atoms with Crippen LogP contribution in [0.1, 0.15) is 34.1 Å². The Morgan fingerprint density at radius 2 is 1.07 bits per heavy atom. The zero-order valence-electron chi connectivity index (χ0n) is 23.8. The van der Waals surface area contributed by atoms with Crippen LogP contribution in [0.15, 0.2) is 151 Å². The number of hydrogen-bond acceptors (Lipinski definition) is 4. The molecule has 0 aromatic heterocycles. The van der Waals surface area contributed by atoms with Gasteiger partial charge in [0.15, 0.2) is 5.78 Å². The van der Waals surface area contributed by atoms with E-state index in [2.05, 4.69) is 36.4 Å². The molecule has 0 radical (unpaired) electrons. The van der Waals surface area contributed by atoms with Crippen molar-refractivity contribution in [3.8, 4) is 0 Å². The first kappa shape index (κ1) is 28.3. The minimum atomic E-state index is -2.82. The number of fused-ring (bicyclic) bond motifs is 1. The molecule has 0 spiro atoms. The van der Waals surface area contributed by atoms with Gasteiger partial charge in [0.2, 0.25) is 0 Å². The Morgan fingerprint density at radius 1 is 0.651 bits per heavy atom. The number of benzene rings is 5. The van der Waals surface area contributed by atoms with E-state index in [1.807, 2.05) is 84.9 Å². The standard InChI is InChI=1S/C38H31O4P/c1-2-42-38(41)34(33-35(39)31-25-15-16-26-32(31)36(33)40)37(27-17-7-3-8-18-27)43(28-19-9-4-10-20-28,29-21-11-5-12-22-29)30-23-13-6-14-24-30/h3-26,34,37H,2H2,1H3/p+1. The van der Waals surface area contributed by atoms with Gasteiger partial charge in [-0.1, -0.05) is 109 Å². The van der Waals surface area contributed by atoms with Gasteiger partial charge < -0.3 is 9.84 Å². The summed E-state index contributed by atoms with van der Waals surface area (Å²) < 4.78 is 5.80. The monoisotopic (exact) mass is 583 g/mol. The molecule has 5 aromatic rings. The minimum Gasteiger partial charge on any atom is -0.507 e. The van der Waals surface area contributed by atoms with Crippen LogP contribution in [0.2, 0.25) is 0 Å². The highest BCUT2D eigenvalue weighted by Gasteiger charge is 2.60. The van der Waals surface area contributed by atoms with Crippen LogP contribution in [-0.2, 0) is 9.53 Å². The fourth-order valence-electron chi connectivity index (χ4n) is 6.42. The van der Waals surface area contributed by atoms with Gasteiger partial charge in [0.05, 0.1) is 12.2 Å². The van der Waals surface area contributed by atoms with E-state index < -0.39 is 24.8 Å². The summed E-state index contributed by atoms with van der Waals surface area (Å²) in [5, 5.41) is 14.9. The lowest BCUT2D eigenvalue weighted by molar-refractivity contribution is -0.146. The lowest BCUT2D eigenvalue weighted by atomic mass is 9.88. The lowest BCUT2D eigenvalue weighted by Crippen LogP contribution is -2.41. The second-order valence-corrected chi connectivity index (χ2v) is 14.0. The summed E-state index contributed by atoms with van der Waals surface area (Å²) >= 11 is 0. The van der Waals surface area contributed by atoms with Crippen LogP contribution in [0.5, 0.6) is 0 Å². The van der Waals surface area contributed by atoms with Gasteiger partial charge in [-0.2, -0.15) is 0 Å². The number of carbonyl (C=O) groups is 2. The van der Waals surface area contributed by atoms with Gasteiger partial charge in [-0.15, -0.1) is 0 Å². The summed E-state index contributed by atoms with van der Waals surface area (Å²) in [6.45, 7) is 1.90. The lowest BCUT2D eigenvalue weighted by Gasteiger charge is -2.38. The molecule has 0 saturated carbocycles. The second-order valence-electron chi connectivity index (χ2n) is 10.5. The maximum atomic E-state index is 14.4. The van der Waals surface area contributed by atoms with Gasteiger partial charge in [0.1, 0.15) is 40.5 Å². The molecule has 0 amide bonds. The Bertz CT molecular complexity index is 1670. The fourth-order valence-corrected chi connectivity index (χ4v) is 11.5. The van der Waals surface area contributed by atoms with Crippen molar-refractivity contribution < 1.29 is 19.4 Å². The first-order valence-electron chi connectivity index (χ1n) is 14.4. The Morgan fingerprint density at radius 3 is 1.51 bits per heavy atom. The molecule has 1 aliphatic rings. The molecule has 43 heavy (non-hydrogen) atoms. The molecule has 212 valence electrons. The number of esters is 1. The normalized spacial score (nSPS) is 14.2. The predicted octanol–water partition coefficient (Wildman–Crippen LogP) is 7.07. The number of hydrogen-bond donors (Lipinski definition) is 1. The Hall–Kier alpha value is -4.79. The SMILES string of the molecule is CCOC(=O)C(C1=C(O)c2ccccc2C1=O)C(c1ccccc1)[P+](c1ccccc1)(c1ccccc1)c1ccccc1. The minimum absolute atomic E-state index is 0.0840. The highest BCUT2D eigenvalue weighted by molar-refractivity contribution is 7.96. The zero-order chi connectivity index (χ0) is 29.8. The third-order valence-corrected chi connectivity index (χ3v) is 12.9. The highest BCUT2D eigenvalue weighted by Crippen LogP contribution is 2.70. The molecule has 0 heterocycles. The maximum absolute atomic E-state index is 14.4. The van der Waals surface area contributed by atoms with E-state index in [1.54, 1.807) is 31.2 Å². The predicted molar refractivity (Wildman–Crippen MR) is 175 cm³/mol. The molecular weight excluding hydrogens is 551 g/mol. The van der Waals surface area contributed by atoms with E-state index in [4.69, 9.17) is 4.74 Å². The van der Waals surface area contributed by atoms with Crippen molar-refractivity contribution >= 4 is 40.7 Å². The van der Waals surface area contributed by atoms with Gasteiger partial charge >= 0.3 is 5.97 Å². The molecule has 1 N–H and O–H groups in total. The molecule has 2 unspecified atom stereocenters. The van der Waals surface area contributed by atoms with Crippen LogP contribution in [0.25, 0.3) is 5.76 Å². The Kier molecular flexibility index (Phi) is 8.05. The van der Waals surface area contributed by atoms with E-state index in [0.717, 1.165) is 21.5 Å². The van der Waals surface area contributed by atoms with Crippen molar-refractivity contribution in [2.45, 2.75) is 12.6 Å². The Labute approximate surface area is 252 Å². The number of carbonyl (C=O) groups excluding carboxylic acids is 2. The van der Waals surface area contributed by atoms with E-state index >= 15 is 0 Å². The van der Waals surface area contributed by atoms with Gasteiger partial charge in [-0.3, -0.25) is 9.59 Å². The molecular formula is C38H32O4P+. The third-order valence-electron chi connectivity index (χ3n) is 8.14. The van der Waals surface area contributed by atoms with Crippen LogP contribution >= 0.6 is 7.26 Å². The molecule has 0 saturated heterocycles. The third kappa shape index (κ3) is 4.88. The van der Waals surface area contributed by atoms with Crippen LogP contribution in [-0.4, -0.2) is 23.5 Å². The summed E-state index contributed by atoms with van der Waals surface area (Å²) in [5.74, 6) is -2.14. The summed E-state index contributed by atoms with van der Waals surface area (Å²) in [4.78, 5) is 28.6. The van der Waals surface area contributed by atoms with Crippen LogP contribution in [0.4, 0.5) is 0 Å². The summed E-state index contributed by atoms with van der Waals surface area (Å²) in [6, 6.07) is 47.7. The molecule has 5 aromatic carbocycles. The summed E-state index contributed by atoms with van der Waals surface area (Å²) in [6.07, 6.45) is 0. The second kappa shape index (κ2) is 12.2. The smallest absolute Gasteiger partial charge is 0.318 e. The average Bonchev–Trinajstić information content (AvgIpc) is 3.32. The van der Waals surface area contributed by atoms with Gasteiger partial charge in [0.25, 0.3) is 0 Å². The van der Waals surface area contributed by atoms with Gasteiger partial charge in [0, 0.05) is 11.1 Å². The fraction of sp³-hybridized carbons (Fsp3) is 0.105. The number of aliphatic hydroxyl groups is 1. The summed E-state index contributed by atoms with van der Waals surface area (Å²) in [7, 11) is -2.82. The van der Waals surface area contributed by atoms with E-state index in [9.17, 15) is 14.7 Å². The molecule has 0 bridgehead atoms. The Balaban J connectivity index is 1.77. The van der Waals surface area contributed by atoms with E-state index in [0.29, 0.717) is 11.1 Å². The van der Waals surface area contributed by atoms with Crippen LogP contribution in [0.3, 0.4) is 0 Å². The first-order valence-corrected chi connectivity index (χ1v) is 16.3. The van der Waals surface area contributed by atoms with Crippen molar-refractivity contribution in [3.63, 3.8) is 0 Å². The molecule has 4 nitrogen and oxygen atoms in total. The molecule has 1 aliphatic carbocycles. The highest BCUT2D eigenvalue weighted by atomic mass is 31.2. The van der Waals surface area contributed by atoms with Crippen molar-refractivity contribution in [2.75, 3.05) is 6.61 Å². The van der Waals surface area contributed by atoms with Gasteiger partial charge in [-0.25, -0.2) is 0 Å². The molecule has 6 rings (SSSR count). The van der Waals surface area contributed by atoms with Crippen LogP contribution < -0.4 is 15.9 Å². The molecule has 0 aliphatic heterocycles. The molecule has 2 atom stereocenters. The number of ether oxygens (including phenoxy) is 1. The molecule has 0 fully saturated rings. The van der Waals surface area contributed by atoms with E-state index in [1.165, 1.54) is 0 Å². The van der Waals surface area contributed by atoms with Crippen molar-refractivity contribution in [2.24, 2.45) is 5.92 Å². The quantitative estimate of drug-likeness (QED) is 0.149. The molecule has 5 heteroatoms. The number of aliphatic hydroxyl groups excluding tert-OH is 1. The zero-order valence-corrected chi connectivity index (χ0v) is 24.7. The van der Waals surface area contributed by atoms with Gasteiger partial charge in [-0.05, 0) is 48.9 Å². The topological polar surface area (TPSA) is 63.6 Å². The van der Waals surface area contributed by atoms with Crippen molar-refractivity contribution in [1.82, 2.24) is 0 Å². The number of Topliss-reactive ketones (excluding diaryl/α,β-unsaturated/α-hetero) is 1. The maximum Gasteiger partial charge on any atom is 0.318 e. The average molecular weight is 584 g/mol. The van der Waals surface area contributed by atoms with E-state index in [-0.39, 0.29) is 23.7 Å². The summed E-state index contributed by atoms with van der Waals surface area (Å²) in [5.41, 5.74) is 1.20. The number of ketones is 1. The van der Waals surface area contributed by atoms with Crippen LogP contribution in [0, 0.1) is 5.92 Å². The number of rotatable bonds is 9. The largest absolute Gasteiger partial charge is 0.507 e.